The topological polar surface area (TPSA) is 64.6 Å². The summed E-state index contributed by atoms with van der Waals surface area (Å²) in [5.41, 5.74) is 0. The Hall–Kier alpha value is -1.56. The predicted molar refractivity (Wildman–Crippen MR) is 65.6 cm³/mol. The number of carbonyl (C=O) groups is 2. The molecule has 0 fully saturated rings. The number of amides is 2. The fourth-order valence-electron chi connectivity index (χ4n) is 1.09. The predicted octanol–water partition coefficient (Wildman–Crippen LogP) is 2.10. The lowest BCUT2D eigenvalue weighted by atomic mass is 10.3. The zero-order chi connectivity index (χ0) is 12.7. The van der Waals surface area contributed by atoms with Crippen LogP contribution in [-0.2, 0) is 4.79 Å². The highest BCUT2D eigenvalue weighted by molar-refractivity contribution is 9.09. The van der Waals surface area contributed by atoms with E-state index in [1.165, 1.54) is 7.11 Å². The molecular weight excluding hydrogens is 290 g/mol. The van der Waals surface area contributed by atoms with E-state index in [4.69, 9.17) is 9.47 Å². The highest BCUT2D eigenvalue weighted by Gasteiger charge is 2.11. The van der Waals surface area contributed by atoms with Crippen molar-refractivity contribution in [1.82, 2.24) is 5.32 Å². The van der Waals surface area contributed by atoms with Crippen LogP contribution in [0, 0.1) is 0 Å². The van der Waals surface area contributed by atoms with Gasteiger partial charge in [0.05, 0.1) is 7.11 Å². The number of para-hydroxylation sites is 2. The molecule has 5 nitrogen and oxygen atoms in total. The van der Waals surface area contributed by atoms with Crippen LogP contribution >= 0.6 is 15.9 Å². The number of ether oxygens (including phenoxy) is 2. The van der Waals surface area contributed by atoms with Gasteiger partial charge in [0.2, 0.25) is 5.91 Å². The maximum absolute atomic E-state index is 11.3. The molecule has 1 rings (SSSR count). The lowest BCUT2D eigenvalue weighted by molar-refractivity contribution is -0.119. The van der Waals surface area contributed by atoms with Gasteiger partial charge in [-0.15, -0.1) is 0 Å². The van der Waals surface area contributed by atoms with Crippen molar-refractivity contribution in [2.24, 2.45) is 0 Å². The molecule has 1 aromatic rings. The fourth-order valence-corrected chi connectivity index (χ4v) is 1.45. The summed E-state index contributed by atoms with van der Waals surface area (Å²) in [5, 5.41) is 2.58. The fraction of sp³-hybridized carbons (Fsp3) is 0.273. The standard InChI is InChI=1S/C11H12BrNO4/c1-16-8-4-2-3-5-9(8)17-11(15)13-10(14)6-7-12/h2-5H,6-7H2,1H3,(H,13,14,15). The number of nitrogens with one attached hydrogen (secondary N) is 1. The highest BCUT2D eigenvalue weighted by Crippen LogP contribution is 2.25. The molecule has 0 heterocycles. The molecule has 0 aromatic heterocycles. The molecule has 0 aliphatic carbocycles. The van der Waals surface area contributed by atoms with E-state index in [0.717, 1.165) is 0 Å². The summed E-state index contributed by atoms with van der Waals surface area (Å²) in [6, 6.07) is 6.68. The Bertz CT molecular complexity index is 408. The van der Waals surface area contributed by atoms with Gasteiger partial charge in [-0.05, 0) is 12.1 Å². The monoisotopic (exact) mass is 301 g/mol. The van der Waals surface area contributed by atoms with E-state index in [0.29, 0.717) is 11.1 Å². The number of imide groups is 1. The van der Waals surface area contributed by atoms with Gasteiger partial charge in [-0.25, -0.2) is 4.79 Å². The molecule has 0 saturated heterocycles. The SMILES string of the molecule is COc1ccccc1OC(=O)NC(=O)CCBr. The Labute approximate surface area is 107 Å². The smallest absolute Gasteiger partial charge is 0.419 e. The zero-order valence-electron chi connectivity index (χ0n) is 9.23. The minimum Gasteiger partial charge on any atom is -0.493 e. The van der Waals surface area contributed by atoms with Crippen LogP contribution in [0.2, 0.25) is 0 Å². The largest absolute Gasteiger partial charge is 0.493 e. The lowest BCUT2D eigenvalue weighted by Gasteiger charge is -2.08. The molecule has 0 unspecified atom stereocenters. The molecule has 0 atom stereocenters. The third-order valence-corrected chi connectivity index (χ3v) is 2.23. The lowest BCUT2D eigenvalue weighted by Crippen LogP contribution is -2.33. The molecule has 1 aromatic carbocycles. The zero-order valence-corrected chi connectivity index (χ0v) is 10.8. The van der Waals surface area contributed by atoms with Gasteiger partial charge < -0.3 is 9.47 Å². The number of methoxy groups -OCH3 is 1. The van der Waals surface area contributed by atoms with Gasteiger partial charge in [-0.3, -0.25) is 10.1 Å². The average Bonchev–Trinajstić information content (AvgIpc) is 2.29. The van der Waals surface area contributed by atoms with Crippen molar-refractivity contribution in [2.45, 2.75) is 6.42 Å². The van der Waals surface area contributed by atoms with Gasteiger partial charge in [-0.2, -0.15) is 0 Å². The summed E-state index contributed by atoms with van der Waals surface area (Å²) >= 11 is 3.10. The number of rotatable bonds is 4. The molecule has 92 valence electrons. The van der Waals surface area contributed by atoms with Crippen molar-refractivity contribution in [1.29, 1.82) is 0 Å². The summed E-state index contributed by atoms with van der Waals surface area (Å²) in [4.78, 5) is 22.5. The average molecular weight is 302 g/mol. The van der Waals surface area contributed by atoms with E-state index in [9.17, 15) is 9.59 Å². The molecule has 2 amide bonds. The molecule has 0 radical (unpaired) electrons. The van der Waals surface area contributed by atoms with Gasteiger partial charge in [0.15, 0.2) is 11.5 Å². The molecule has 1 N–H and O–H groups in total. The first-order chi connectivity index (χ1) is 8.17. The Balaban J connectivity index is 2.59. The van der Waals surface area contributed by atoms with E-state index >= 15 is 0 Å². The number of halogens is 1. The summed E-state index contributed by atoms with van der Waals surface area (Å²) in [6.45, 7) is 0. The minimum atomic E-state index is -0.819. The maximum Gasteiger partial charge on any atom is 0.419 e. The quantitative estimate of drug-likeness (QED) is 0.865. The second-order valence-corrected chi connectivity index (χ2v) is 3.82. The maximum atomic E-state index is 11.3. The first-order valence-electron chi connectivity index (χ1n) is 4.88. The van der Waals surface area contributed by atoms with Crippen LogP contribution in [0.4, 0.5) is 4.79 Å². The molecule has 0 saturated carbocycles. The van der Waals surface area contributed by atoms with E-state index in [-0.39, 0.29) is 12.2 Å². The van der Waals surface area contributed by atoms with Crippen molar-refractivity contribution >= 4 is 27.9 Å². The van der Waals surface area contributed by atoms with Gasteiger partial charge in [-0.1, -0.05) is 28.1 Å². The Morgan fingerprint density at radius 3 is 2.53 bits per heavy atom. The van der Waals surface area contributed by atoms with Crippen LogP contribution < -0.4 is 14.8 Å². The Morgan fingerprint density at radius 1 is 1.29 bits per heavy atom. The summed E-state index contributed by atoms with van der Waals surface area (Å²) in [6.07, 6.45) is -0.610. The molecule has 0 aliphatic heterocycles. The van der Waals surface area contributed by atoms with Crippen LogP contribution in [0.5, 0.6) is 11.5 Å². The van der Waals surface area contributed by atoms with Gasteiger partial charge >= 0.3 is 6.09 Å². The van der Waals surface area contributed by atoms with Crippen LogP contribution in [-0.4, -0.2) is 24.4 Å². The minimum absolute atomic E-state index is 0.209. The molecule has 17 heavy (non-hydrogen) atoms. The second-order valence-electron chi connectivity index (χ2n) is 3.03. The van der Waals surface area contributed by atoms with Crippen LogP contribution in [0.25, 0.3) is 0 Å². The van der Waals surface area contributed by atoms with E-state index in [1.807, 2.05) is 0 Å². The first kappa shape index (κ1) is 13.5. The number of hydrogen-bond donors (Lipinski definition) is 1. The third kappa shape index (κ3) is 4.44. The first-order valence-corrected chi connectivity index (χ1v) is 6.00. The Morgan fingerprint density at radius 2 is 1.94 bits per heavy atom. The summed E-state index contributed by atoms with van der Waals surface area (Å²) < 4.78 is 9.94. The number of benzene rings is 1. The summed E-state index contributed by atoms with van der Waals surface area (Å²) in [5.74, 6) is 0.288. The molecule has 0 aliphatic rings. The number of alkyl halides is 1. The van der Waals surface area contributed by atoms with Crippen LogP contribution in [0.1, 0.15) is 6.42 Å². The van der Waals surface area contributed by atoms with Crippen LogP contribution in [0.15, 0.2) is 24.3 Å². The Kier molecular flexibility index (Phi) is 5.48. The highest BCUT2D eigenvalue weighted by atomic mass is 79.9. The van der Waals surface area contributed by atoms with E-state index in [2.05, 4.69) is 21.2 Å². The number of hydrogen-bond acceptors (Lipinski definition) is 4. The van der Waals surface area contributed by atoms with Crippen molar-refractivity contribution in [2.75, 3.05) is 12.4 Å². The van der Waals surface area contributed by atoms with Gasteiger partial charge in [0.1, 0.15) is 0 Å². The van der Waals surface area contributed by atoms with E-state index in [1.54, 1.807) is 24.3 Å². The second kappa shape index (κ2) is 6.90. The molecular formula is C11H12BrNO4. The molecule has 0 bridgehead atoms. The van der Waals surface area contributed by atoms with Crippen molar-refractivity contribution in [3.8, 4) is 11.5 Å². The molecule has 6 heteroatoms. The number of carbonyl (C=O) groups excluding carboxylic acids is 2. The van der Waals surface area contributed by atoms with Gasteiger partial charge in [0, 0.05) is 11.8 Å². The van der Waals surface area contributed by atoms with Crippen LogP contribution in [0.3, 0.4) is 0 Å². The van der Waals surface area contributed by atoms with Crippen molar-refractivity contribution in [3.63, 3.8) is 0 Å². The third-order valence-electron chi connectivity index (χ3n) is 1.83. The van der Waals surface area contributed by atoms with Gasteiger partial charge in [0.25, 0.3) is 0 Å². The summed E-state index contributed by atoms with van der Waals surface area (Å²) in [7, 11) is 1.47. The van der Waals surface area contributed by atoms with Crippen molar-refractivity contribution < 1.29 is 19.1 Å². The molecule has 0 spiro atoms. The van der Waals surface area contributed by atoms with E-state index < -0.39 is 12.0 Å². The van der Waals surface area contributed by atoms with Crippen molar-refractivity contribution in [3.05, 3.63) is 24.3 Å². The normalized spacial score (nSPS) is 9.53.